The van der Waals surface area contributed by atoms with E-state index in [0.29, 0.717) is 12.0 Å². The molecule has 0 aliphatic carbocycles. The molecular weight excluding hydrogens is 795 g/mol. The van der Waals surface area contributed by atoms with Crippen LogP contribution in [0.4, 0.5) is 28.4 Å². The fraction of sp³-hybridized carbons (Fsp3) is 0.111. The van der Waals surface area contributed by atoms with Gasteiger partial charge in [0.1, 0.15) is 22.0 Å². The third kappa shape index (κ3) is 10.2. The number of nitrogen functional groups attached to an aromatic ring is 1. The van der Waals surface area contributed by atoms with Crippen LogP contribution in [0.1, 0.15) is 0 Å². The number of hydrogen-bond donors (Lipinski definition) is 5. The van der Waals surface area contributed by atoms with Crippen LogP contribution in [0.3, 0.4) is 0 Å². The first kappa shape index (κ1) is 40.1. The van der Waals surface area contributed by atoms with Gasteiger partial charge in [-0.2, -0.15) is 27.1 Å². The summed E-state index contributed by atoms with van der Waals surface area (Å²) < 4.78 is 109. The predicted octanol–water partition coefficient (Wildman–Crippen LogP) is 5.69. The van der Waals surface area contributed by atoms with Crippen molar-refractivity contribution in [2.75, 3.05) is 25.2 Å². The molecular formula is C27H23N5O15S5. The number of hydrogen-bond acceptors (Lipinski definition) is 20. The number of benzene rings is 4. The standard InChI is InChI=1S/C27H23N5O15S5/c1-43-10-11-50(35,36)19-8-4-17(5-9-19)30-32-26-21(51(37,38)39)13-15-12-20(49-47-46-34)25(24(28)23(15)27(26)33)31-29-16-2-6-18(7-3-16)44-22(14-48)45-52(40,41)42/h2-9,12-13,33-34H,10-11,28H2,1H3,(H,37,38,39)(H,40,41,42). The number of aromatic hydroxyl groups is 1. The zero-order valence-corrected chi connectivity index (χ0v) is 30.0. The van der Waals surface area contributed by atoms with E-state index in [2.05, 4.69) is 46.2 Å². The highest BCUT2D eigenvalue weighted by Gasteiger charge is 2.26. The van der Waals surface area contributed by atoms with Gasteiger partial charge >= 0.3 is 16.3 Å². The molecule has 0 bridgehead atoms. The SMILES string of the molecule is COCCS(=O)(=O)c1ccc(N=Nc2c(S(=O)(=O)O)cc3cc(SOOO)c(N=Nc4ccc(OC(=C=S)OS(=O)(=O)O)cc4)c(N)c3c2O)cc1. The Hall–Kier alpha value is -4.63. The Kier molecular flexibility index (Phi) is 13.0. The number of nitrogens with two attached hydrogens (primary N) is 1. The van der Waals surface area contributed by atoms with Crippen LogP contribution in [-0.4, -0.2) is 69.2 Å². The highest BCUT2D eigenvalue weighted by molar-refractivity contribution is 7.94. The second-order valence-electron chi connectivity index (χ2n) is 9.71. The van der Waals surface area contributed by atoms with Crippen LogP contribution in [0.15, 0.2) is 102 Å². The second-order valence-corrected chi connectivity index (χ2v) is 15.2. The van der Waals surface area contributed by atoms with Gasteiger partial charge in [-0.1, -0.05) is 5.04 Å². The first-order valence-corrected chi connectivity index (χ1v) is 19.2. The van der Waals surface area contributed by atoms with Crippen LogP contribution in [0.5, 0.6) is 11.5 Å². The maximum absolute atomic E-state index is 12.4. The van der Waals surface area contributed by atoms with Crippen molar-refractivity contribution in [2.45, 2.75) is 14.7 Å². The molecule has 0 unspecified atom stereocenters. The number of thiocarbonyl (C=S) groups is 1. The smallest absolute Gasteiger partial charge is 0.449 e. The van der Waals surface area contributed by atoms with E-state index in [1.807, 2.05) is 5.02 Å². The molecule has 52 heavy (non-hydrogen) atoms. The summed E-state index contributed by atoms with van der Waals surface area (Å²) >= 11 is 4.82. The quantitative estimate of drug-likeness (QED) is 0.0132. The van der Waals surface area contributed by atoms with Gasteiger partial charge in [0.25, 0.3) is 10.1 Å². The van der Waals surface area contributed by atoms with E-state index in [0.717, 1.165) is 6.07 Å². The Morgan fingerprint density at radius 2 is 1.50 bits per heavy atom. The maximum Gasteiger partial charge on any atom is 0.449 e. The number of sulfone groups is 1. The number of azo groups is 2. The molecule has 0 amide bonds. The monoisotopic (exact) mass is 817 g/mol. The van der Waals surface area contributed by atoms with Crippen LogP contribution in [0.2, 0.25) is 0 Å². The van der Waals surface area contributed by atoms with E-state index in [1.165, 1.54) is 61.7 Å². The highest BCUT2D eigenvalue weighted by atomic mass is 32.3. The average Bonchev–Trinajstić information content (AvgIpc) is 3.08. The number of phenolic OH excluding ortho intramolecular Hbond substituents is 1. The van der Waals surface area contributed by atoms with Gasteiger partial charge in [-0.05, 0) is 78.3 Å². The topological polar surface area (TPSA) is 305 Å². The van der Waals surface area contributed by atoms with Crippen molar-refractivity contribution in [1.82, 2.24) is 0 Å². The van der Waals surface area contributed by atoms with Gasteiger partial charge in [-0.3, -0.25) is 9.11 Å². The zero-order chi connectivity index (χ0) is 38.3. The Balaban J connectivity index is 1.77. The molecule has 20 nitrogen and oxygen atoms in total. The number of fused-ring (bicyclic) bond motifs is 1. The summed E-state index contributed by atoms with van der Waals surface area (Å²) in [5.74, 6) is -2.01. The molecule has 0 heterocycles. The summed E-state index contributed by atoms with van der Waals surface area (Å²) in [5, 5.41) is 41.0. The molecule has 0 fully saturated rings. The van der Waals surface area contributed by atoms with Crippen molar-refractivity contribution in [1.29, 1.82) is 0 Å². The highest BCUT2D eigenvalue weighted by Crippen LogP contribution is 2.49. The summed E-state index contributed by atoms with van der Waals surface area (Å²) in [6, 6.07) is 12.4. The van der Waals surface area contributed by atoms with Gasteiger partial charge in [0.15, 0.2) is 15.6 Å². The Morgan fingerprint density at radius 1 is 0.904 bits per heavy atom. The molecule has 0 aromatic heterocycles. The first-order valence-electron chi connectivity index (χ1n) is 13.6. The van der Waals surface area contributed by atoms with Crippen molar-refractivity contribution >= 4 is 98.8 Å². The summed E-state index contributed by atoms with van der Waals surface area (Å²) in [6.45, 7) is -0.0330. The molecule has 0 aliphatic heterocycles. The number of nitrogens with zero attached hydrogens (tertiary/aromatic N) is 4. The third-order valence-corrected chi connectivity index (χ3v) is 10.1. The molecule has 0 atom stereocenters. The first-order chi connectivity index (χ1) is 24.5. The number of anilines is 1. The molecule has 4 aromatic carbocycles. The third-order valence-electron chi connectivity index (χ3n) is 6.34. The van der Waals surface area contributed by atoms with Gasteiger partial charge in [0.2, 0.25) is 0 Å². The van der Waals surface area contributed by atoms with Gasteiger partial charge < -0.3 is 24.5 Å². The maximum atomic E-state index is 12.4. The number of ether oxygens (including phenoxy) is 2. The molecule has 25 heteroatoms. The zero-order valence-electron chi connectivity index (χ0n) is 25.9. The minimum Gasteiger partial charge on any atom is -0.505 e. The van der Waals surface area contributed by atoms with Crippen molar-refractivity contribution < 1.29 is 67.8 Å². The largest absolute Gasteiger partial charge is 0.505 e. The molecule has 4 rings (SSSR count). The lowest BCUT2D eigenvalue weighted by atomic mass is 10.1. The fourth-order valence-electron chi connectivity index (χ4n) is 4.11. The molecule has 0 spiro atoms. The lowest BCUT2D eigenvalue weighted by Gasteiger charge is -2.14. The number of rotatable bonds is 16. The molecule has 0 aliphatic rings. The van der Waals surface area contributed by atoms with Crippen molar-refractivity contribution in [2.24, 2.45) is 20.5 Å². The van der Waals surface area contributed by atoms with Gasteiger partial charge in [-0.25, -0.2) is 13.7 Å². The van der Waals surface area contributed by atoms with Crippen LogP contribution >= 0.6 is 24.3 Å². The van der Waals surface area contributed by atoms with Gasteiger partial charge in [0.05, 0.1) is 56.6 Å². The minimum atomic E-state index is -5.07. The van der Waals surface area contributed by atoms with E-state index >= 15 is 0 Å². The normalized spacial score (nSPS) is 12.4. The second kappa shape index (κ2) is 16.8. The number of methoxy groups -OCH3 is 1. The van der Waals surface area contributed by atoms with Crippen LogP contribution in [0.25, 0.3) is 10.8 Å². The van der Waals surface area contributed by atoms with E-state index in [4.69, 9.17) is 25.0 Å². The van der Waals surface area contributed by atoms with E-state index < -0.39 is 52.6 Å². The molecule has 6 N–H and O–H groups in total. The molecule has 0 saturated heterocycles. The molecule has 0 saturated carbocycles. The lowest BCUT2D eigenvalue weighted by molar-refractivity contribution is -0.432. The van der Waals surface area contributed by atoms with Gasteiger partial charge in [0, 0.05) is 12.1 Å². The summed E-state index contributed by atoms with van der Waals surface area (Å²) in [6.07, 6.45) is 0. The average molecular weight is 818 g/mol. The minimum absolute atomic E-state index is 0.0192. The van der Waals surface area contributed by atoms with Gasteiger partial charge in [-0.15, -0.1) is 14.6 Å². The Labute approximate surface area is 303 Å². The van der Waals surface area contributed by atoms with Crippen LogP contribution < -0.4 is 10.5 Å². The van der Waals surface area contributed by atoms with E-state index in [1.54, 1.807) is 0 Å². The lowest BCUT2D eigenvalue weighted by Crippen LogP contribution is -2.11. The van der Waals surface area contributed by atoms with Crippen molar-refractivity contribution in [3.05, 3.63) is 66.6 Å². The van der Waals surface area contributed by atoms with Crippen LogP contribution in [0, 0.1) is 0 Å². The summed E-state index contributed by atoms with van der Waals surface area (Å²) in [5.41, 5.74) is 5.28. The van der Waals surface area contributed by atoms with E-state index in [-0.39, 0.29) is 61.4 Å². The Bertz CT molecular complexity index is 2420. The predicted molar refractivity (Wildman–Crippen MR) is 185 cm³/mol. The number of phenols is 1. The Morgan fingerprint density at radius 3 is 2.04 bits per heavy atom. The van der Waals surface area contributed by atoms with Crippen molar-refractivity contribution in [3.8, 4) is 11.5 Å². The van der Waals surface area contributed by atoms with E-state index in [9.17, 15) is 34.9 Å². The summed E-state index contributed by atoms with van der Waals surface area (Å²) in [4.78, 5) is -0.974. The fourth-order valence-corrected chi connectivity index (χ4v) is 6.85. The summed E-state index contributed by atoms with van der Waals surface area (Å²) in [7, 11) is -12.3. The molecule has 0 radical (unpaired) electrons. The van der Waals surface area contributed by atoms with Crippen molar-refractivity contribution in [3.63, 3.8) is 0 Å². The molecule has 4 aromatic rings. The molecule has 276 valence electrons. The van der Waals surface area contributed by atoms with Crippen LogP contribution in [-0.2, 0) is 48.6 Å².